The maximum atomic E-state index is 11.3. The Kier molecular flexibility index (Phi) is 7.54. The van der Waals surface area contributed by atoms with Gasteiger partial charge in [0.2, 0.25) is 5.91 Å². The Hall–Kier alpha value is -1.10. The predicted molar refractivity (Wildman–Crippen MR) is 69.9 cm³/mol. The minimum absolute atomic E-state index is 0. The molecule has 0 saturated carbocycles. The van der Waals surface area contributed by atoms with Crippen LogP contribution in [0.3, 0.4) is 0 Å². The maximum absolute atomic E-state index is 11.3. The molecule has 0 heterocycles. The van der Waals surface area contributed by atoms with E-state index in [1.54, 1.807) is 14.0 Å². The molecule has 1 rings (SSSR count). The van der Waals surface area contributed by atoms with Crippen molar-refractivity contribution in [3.63, 3.8) is 0 Å². The van der Waals surface area contributed by atoms with E-state index in [2.05, 4.69) is 5.32 Å². The smallest absolute Gasteiger partial charge is 0.236 e. The summed E-state index contributed by atoms with van der Waals surface area (Å²) >= 11 is 0. The van der Waals surface area contributed by atoms with E-state index in [0.717, 1.165) is 11.1 Å². The average molecular weight is 259 g/mol. The second-order valence-electron chi connectivity index (χ2n) is 3.76. The van der Waals surface area contributed by atoms with Crippen LogP contribution in [0.5, 0.6) is 0 Å². The van der Waals surface area contributed by atoms with Crippen molar-refractivity contribution in [1.29, 1.82) is 0 Å². The van der Waals surface area contributed by atoms with E-state index in [9.17, 15) is 4.79 Å². The van der Waals surface area contributed by atoms with Crippen molar-refractivity contribution >= 4 is 18.3 Å². The number of rotatable bonds is 5. The molecule has 1 aromatic carbocycles. The van der Waals surface area contributed by atoms with Crippen LogP contribution in [0.2, 0.25) is 0 Å². The van der Waals surface area contributed by atoms with Crippen molar-refractivity contribution < 1.29 is 9.53 Å². The second-order valence-corrected chi connectivity index (χ2v) is 3.76. The number of amides is 1. The van der Waals surface area contributed by atoms with E-state index in [-0.39, 0.29) is 18.3 Å². The van der Waals surface area contributed by atoms with Crippen molar-refractivity contribution in [3.05, 3.63) is 35.4 Å². The van der Waals surface area contributed by atoms with Gasteiger partial charge in [-0.15, -0.1) is 12.4 Å². The van der Waals surface area contributed by atoms with E-state index in [0.29, 0.717) is 13.2 Å². The minimum atomic E-state index is -0.470. The number of benzene rings is 1. The van der Waals surface area contributed by atoms with Gasteiger partial charge in [-0.3, -0.25) is 4.79 Å². The van der Waals surface area contributed by atoms with Crippen LogP contribution in [0.15, 0.2) is 24.3 Å². The molecule has 17 heavy (non-hydrogen) atoms. The van der Waals surface area contributed by atoms with E-state index < -0.39 is 6.04 Å². The van der Waals surface area contributed by atoms with E-state index in [1.807, 2.05) is 24.3 Å². The number of nitrogens with two attached hydrogens (primary N) is 1. The summed E-state index contributed by atoms with van der Waals surface area (Å²) in [6, 6.07) is 7.43. The van der Waals surface area contributed by atoms with E-state index >= 15 is 0 Å². The van der Waals surface area contributed by atoms with Gasteiger partial charge >= 0.3 is 0 Å². The fraction of sp³-hybridized carbons (Fsp3) is 0.417. The van der Waals surface area contributed by atoms with Crippen LogP contribution < -0.4 is 11.1 Å². The van der Waals surface area contributed by atoms with Crippen LogP contribution in [0.1, 0.15) is 18.1 Å². The highest BCUT2D eigenvalue weighted by Gasteiger charge is 2.06. The van der Waals surface area contributed by atoms with Crippen LogP contribution in [-0.2, 0) is 22.7 Å². The van der Waals surface area contributed by atoms with Crippen molar-refractivity contribution in [2.75, 3.05) is 7.11 Å². The molecule has 1 aromatic rings. The fourth-order valence-corrected chi connectivity index (χ4v) is 1.35. The number of ether oxygens (including phenoxy) is 1. The Labute approximate surface area is 108 Å². The fourth-order valence-electron chi connectivity index (χ4n) is 1.35. The largest absolute Gasteiger partial charge is 0.380 e. The topological polar surface area (TPSA) is 64.3 Å². The van der Waals surface area contributed by atoms with Crippen molar-refractivity contribution in [2.45, 2.75) is 26.1 Å². The molecule has 5 heteroatoms. The summed E-state index contributed by atoms with van der Waals surface area (Å²) in [5.74, 6) is -0.142. The summed E-state index contributed by atoms with van der Waals surface area (Å²) in [5.41, 5.74) is 7.58. The van der Waals surface area contributed by atoms with Crippen LogP contribution in [0.25, 0.3) is 0 Å². The number of carbonyl (C=O) groups excluding carboxylic acids is 1. The molecule has 1 atom stereocenters. The third kappa shape index (κ3) is 5.68. The molecule has 0 saturated heterocycles. The SMILES string of the molecule is COCc1cccc(CNC(=O)C(C)N)c1.Cl. The lowest BCUT2D eigenvalue weighted by Gasteiger charge is -2.08. The van der Waals surface area contributed by atoms with Gasteiger partial charge in [0.05, 0.1) is 12.6 Å². The van der Waals surface area contributed by atoms with Crippen molar-refractivity contribution in [3.8, 4) is 0 Å². The highest BCUT2D eigenvalue weighted by molar-refractivity contribution is 5.85. The quantitative estimate of drug-likeness (QED) is 0.835. The van der Waals surface area contributed by atoms with Gasteiger partial charge in [-0.2, -0.15) is 0 Å². The number of carbonyl (C=O) groups is 1. The summed E-state index contributed by atoms with van der Waals surface area (Å²) in [5, 5.41) is 2.76. The first kappa shape index (κ1) is 15.9. The molecule has 1 unspecified atom stereocenters. The molecule has 3 N–H and O–H groups in total. The van der Waals surface area contributed by atoms with Gasteiger partial charge in [0, 0.05) is 13.7 Å². The predicted octanol–water partition coefficient (Wildman–Crippen LogP) is 1.22. The van der Waals surface area contributed by atoms with Crippen LogP contribution in [0, 0.1) is 0 Å². The average Bonchev–Trinajstić information content (AvgIpc) is 2.26. The molecular weight excluding hydrogens is 240 g/mol. The molecule has 96 valence electrons. The molecule has 1 amide bonds. The summed E-state index contributed by atoms with van der Waals surface area (Å²) in [7, 11) is 1.66. The first-order valence-electron chi connectivity index (χ1n) is 5.23. The number of nitrogens with one attached hydrogen (secondary N) is 1. The van der Waals surface area contributed by atoms with Gasteiger partial charge in [0.1, 0.15) is 0 Å². The summed E-state index contributed by atoms with van der Waals surface area (Å²) in [4.78, 5) is 11.3. The highest BCUT2D eigenvalue weighted by Crippen LogP contribution is 2.06. The zero-order valence-electron chi connectivity index (χ0n) is 10.1. The van der Waals surface area contributed by atoms with Crippen molar-refractivity contribution in [2.24, 2.45) is 5.73 Å². The van der Waals surface area contributed by atoms with Gasteiger partial charge < -0.3 is 15.8 Å². The van der Waals surface area contributed by atoms with E-state index in [4.69, 9.17) is 10.5 Å². The molecule has 0 radical (unpaired) electrons. The molecule has 0 aliphatic heterocycles. The van der Waals surface area contributed by atoms with Crippen LogP contribution in [-0.4, -0.2) is 19.1 Å². The van der Waals surface area contributed by atoms with Gasteiger partial charge in [-0.05, 0) is 18.1 Å². The first-order valence-corrected chi connectivity index (χ1v) is 5.23. The van der Waals surface area contributed by atoms with Gasteiger partial charge in [0.15, 0.2) is 0 Å². The van der Waals surface area contributed by atoms with Crippen molar-refractivity contribution in [1.82, 2.24) is 5.32 Å². The molecular formula is C12H19ClN2O2. The van der Waals surface area contributed by atoms with E-state index in [1.165, 1.54) is 0 Å². The number of halogens is 1. The lowest BCUT2D eigenvalue weighted by molar-refractivity contribution is -0.122. The zero-order valence-corrected chi connectivity index (χ0v) is 10.9. The molecule has 0 spiro atoms. The third-order valence-corrected chi connectivity index (χ3v) is 2.18. The normalized spacial score (nSPS) is 11.5. The Morgan fingerprint density at radius 1 is 1.47 bits per heavy atom. The molecule has 0 fully saturated rings. The molecule has 0 aliphatic rings. The van der Waals surface area contributed by atoms with Gasteiger partial charge in [-0.1, -0.05) is 24.3 Å². The highest BCUT2D eigenvalue weighted by atomic mass is 35.5. The van der Waals surface area contributed by atoms with Crippen LogP contribution >= 0.6 is 12.4 Å². The summed E-state index contributed by atoms with van der Waals surface area (Å²) in [6.07, 6.45) is 0. The minimum Gasteiger partial charge on any atom is -0.380 e. The molecule has 0 bridgehead atoms. The van der Waals surface area contributed by atoms with Crippen LogP contribution in [0.4, 0.5) is 0 Å². The van der Waals surface area contributed by atoms with Gasteiger partial charge in [-0.25, -0.2) is 0 Å². The monoisotopic (exact) mass is 258 g/mol. The second kappa shape index (κ2) is 8.06. The lowest BCUT2D eigenvalue weighted by Crippen LogP contribution is -2.37. The Morgan fingerprint density at radius 3 is 2.71 bits per heavy atom. The number of methoxy groups -OCH3 is 1. The number of hydrogen-bond donors (Lipinski definition) is 2. The summed E-state index contributed by atoms with van der Waals surface area (Å²) < 4.78 is 5.04. The number of hydrogen-bond acceptors (Lipinski definition) is 3. The standard InChI is InChI=1S/C12H18N2O2.ClH/c1-9(13)12(15)14-7-10-4-3-5-11(6-10)8-16-2;/h3-6,9H,7-8,13H2,1-2H3,(H,14,15);1H. The Balaban J connectivity index is 0.00000256. The molecule has 4 nitrogen and oxygen atoms in total. The maximum Gasteiger partial charge on any atom is 0.236 e. The first-order chi connectivity index (χ1) is 7.63. The lowest BCUT2D eigenvalue weighted by atomic mass is 10.1. The Morgan fingerprint density at radius 2 is 2.12 bits per heavy atom. The zero-order chi connectivity index (χ0) is 12.0. The molecule has 0 aliphatic carbocycles. The Bertz CT molecular complexity index is 356. The molecule has 0 aromatic heterocycles. The third-order valence-electron chi connectivity index (χ3n) is 2.18. The summed E-state index contributed by atoms with van der Waals surface area (Å²) in [6.45, 7) is 2.74. The van der Waals surface area contributed by atoms with Gasteiger partial charge in [0.25, 0.3) is 0 Å².